The summed E-state index contributed by atoms with van der Waals surface area (Å²) in [5.41, 5.74) is 2.32. The maximum atomic E-state index is 14.6. The van der Waals surface area contributed by atoms with Gasteiger partial charge in [0.1, 0.15) is 12.6 Å². The van der Waals surface area contributed by atoms with Crippen molar-refractivity contribution in [3.05, 3.63) is 129 Å². The standard InChI is InChI=1S/C35H37Br2N3O4S/c1-25-16-18-31(19-17-25)45(43,44)40(30-15-9-14-29(37)22-30)24-33(41)39(23-27-12-8-13-28(36)20-27)32(34(42)38-35(2,3)4)21-26-10-6-5-7-11-26/h5-20,22,32H,21,23-24H2,1-4H3,(H,38,42)/t32-/m0/s1. The fourth-order valence-corrected chi connectivity index (χ4v) is 7.08. The van der Waals surface area contributed by atoms with Gasteiger partial charge >= 0.3 is 0 Å². The third-order valence-electron chi connectivity index (χ3n) is 7.00. The highest BCUT2D eigenvalue weighted by atomic mass is 79.9. The van der Waals surface area contributed by atoms with Gasteiger partial charge in [-0.2, -0.15) is 0 Å². The zero-order valence-electron chi connectivity index (χ0n) is 25.7. The van der Waals surface area contributed by atoms with E-state index in [4.69, 9.17) is 0 Å². The van der Waals surface area contributed by atoms with Gasteiger partial charge in [-0.3, -0.25) is 13.9 Å². The summed E-state index contributed by atoms with van der Waals surface area (Å²) in [6, 6.07) is 29.4. The molecule has 236 valence electrons. The number of hydrogen-bond acceptors (Lipinski definition) is 4. The normalized spacial score (nSPS) is 12.3. The molecule has 0 unspecified atom stereocenters. The van der Waals surface area contributed by atoms with Crippen LogP contribution in [0.1, 0.15) is 37.5 Å². The molecule has 4 aromatic carbocycles. The van der Waals surface area contributed by atoms with E-state index in [9.17, 15) is 18.0 Å². The molecule has 45 heavy (non-hydrogen) atoms. The van der Waals surface area contributed by atoms with Crippen molar-refractivity contribution in [3.63, 3.8) is 0 Å². The number of hydrogen-bond donors (Lipinski definition) is 1. The van der Waals surface area contributed by atoms with Crippen LogP contribution in [0, 0.1) is 6.92 Å². The van der Waals surface area contributed by atoms with Crippen molar-refractivity contribution in [2.24, 2.45) is 0 Å². The monoisotopic (exact) mass is 753 g/mol. The molecule has 0 radical (unpaired) electrons. The highest BCUT2D eigenvalue weighted by molar-refractivity contribution is 9.10. The van der Waals surface area contributed by atoms with Gasteiger partial charge in [0.05, 0.1) is 10.6 Å². The minimum atomic E-state index is -4.17. The van der Waals surface area contributed by atoms with Crippen molar-refractivity contribution in [2.75, 3.05) is 10.8 Å². The number of benzene rings is 4. The maximum absolute atomic E-state index is 14.6. The predicted molar refractivity (Wildman–Crippen MR) is 186 cm³/mol. The van der Waals surface area contributed by atoms with Crippen LogP contribution in [0.3, 0.4) is 0 Å². The minimum absolute atomic E-state index is 0.0609. The molecule has 2 amide bonds. The Labute approximate surface area is 283 Å². The van der Waals surface area contributed by atoms with Crippen molar-refractivity contribution >= 4 is 59.4 Å². The maximum Gasteiger partial charge on any atom is 0.264 e. The van der Waals surface area contributed by atoms with Crippen LogP contribution in [0.15, 0.2) is 117 Å². The number of aryl methyl sites for hydroxylation is 1. The van der Waals surface area contributed by atoms with Crippen molar-refractivity contribution < 1.29 is 18.0 Å². The lowest BCUT2D eigenvalue weighted by atomic mass is 10.0. The molecular formula is C35H37Br2N3O4S. The van der Waals surface area contributed by atoms with Crippen LogP contribution in [0.25, 0.3) is 0 Å². The Morgan fingerprint density at radius 3 is 2.00 bits per heavy atom. The van der Waals surface area contributed by atoms with Gasteiger partial charge in [0, 0.05) is 27.4 Å². The number of rotatable bonds is 11. The molecule has 0 aliphatic carbocycles. The molecule has 0 saturated carbocycles. The molecule has 7 nitrogen and oxygen atoms in total. The van der Waals surface area contributed by atoms with Crippen molar-refractivity contribution in [1.82, 2.24) is 10.2 Å². The molecular weight excluding hydrogens is 718 g/mol. The van der Waals surface area contributed by atoms with Crippen LogP contribution in [-0.4, -0.2) is 43.3 Å². The van der Waals surface area contributed by atoms with Gasteiger partial charge in [-0.1, -0.05) is 98.1 Å². The Bertz CT molecular complexity index is 1740. The summed E-state index contributed by atoms with van der Waals surface area (Å²) < 4.78 is 30.9. The topological polar surface area (TPSA) is 86.8 Å². The molecule has 10 heteroatoms. The van der Waals surface area contributed by atoms with Crippen LogP contribution in [0.4, 0.5) is 5.69 Å². The van der Waals surface area contributed by atoms with E-state index in [0.29, 0.717) is 10.2 Å². The molecule has 4 aromatic rings. The summed E-state index contributed by atoms with van der Waals surface area (Å²) in [7, 11) is -4.17. The number of nitrogens with one attached hydrogen (secondary N) is 1. The fourth-order valence-electron chi connectivity index (χ4n) is 4.84. The predicted octanol–water partition coefficient (Wildman–Crippen LogP) is 7.27. The van der Waals surface area contributed by atoms with E-state index in [1.54, 1.807) is 36.4 Å². The third kappa shape index (κ3) is 9.51. The first-order valence-corrected chi connectivity index (χ1v) is 17.5. The van der Waals surface area contributed by atoms with E-state index in [-0.39, 0.29) is 23.8 Å². The van der Waals surface area contributed by atoms with Crippen LogP contribution in [0.2, 0.25) is 0 Å². The molecule has 0 aromatic heterocycles. The average Bonchev–Trinajstić information content (AvgIpc) is 2.97. The quantitative estimate of drug-likeness (QED) is 0.175. The highest BCUT2D eigenvalue weighted by Gasteiger charge is 2.35. The summed E-state index contributed by atoms with van der Waals surface area (Å²) in [6.45, 7) is 7.09. The summed E-state index contributed by atoms with van der Waals surface area (Å²) in [4.78, 5) is 30.1. The highest BCUT2D eigenvalue weighted by Crippen LogP contribution is 2.28. The lowest BCUT2D eigenvalue weighted by Crippen LogP contribution is -2.56. The van der Waals surface area contributed by atoms with Gasteiger partial charge in [-0.25, -0.2) is 8.42 Å². The molecule has 0 aliphatic heterocycles. The van der Waals surface area contributed by atoms with Gasteiger partial charge in [0.15, 0.2) is 0 Å². The lowest BCUT2D eigenvalue weighted by Gasteiger charge is -2.35. The van der Waals surface area contributed by atoms with E-state index >= 15 is 0 Å². The van der Waals surface area contributed by atoms with Crippen LogP contribution in [-0.2, 0) is 32.6 Å². The number of halogens is 2. The fraction of sp³-hybridized carbons (Fsp3) is 0.257. The smallest absolute Gasteiger partial charge is 0.264 e. The number of carbonyl (C=O) groups excluding carboxylic acids is 2. The zero-order chi connectivity index (χ0) is 32.8. The number of amides is 2. The number of carbonyl (C=O) groups is 2. The second-order valence-electron chi connectivity index (χ2n) is 11.9. The summed E-state index contributed by atoms with van der Waals surface area (Å²) in [5, 5.41) is 3.05. The Balaban J connectivity index is 1.82. The molecule has 0 aliphatic rings. The third-order valence-corrected chi connectivity index (χ3v) is 9.77. The molecule has 0 fully saturated rings. The molecule has 4 rings (SSSR count). The van der Waals surface area contributed by atoms with E-state index in [0.717, 1.165) is 25.5 Å². The van der Waals surface area contributed by atoms with E-state index in [1.807, 2.05) is 82.3 Å². The Kier molecular flexibility index (Phi) is 11.3. The van der Waals surface area contributed by atoms with Gasteiger partial charge in [-0.05, 0) is 81.3 Å². The van der Waals surface area contributed by atoms with Gasteiger partial charge in [0.25, 0.3) is 10.0 Å². The summed E-state index contributed by atoms with van der Waals surface area (Å²) in [5.74, 6) is -0.847. The van der Waals surface area contributed by atoms with Gasteiger partial charge in [-0.15, -0.1) is 0 Å². The van der Waals surface area contributed by atoms with Crippen LogP contribution < -0.4 is 9.62 Å². The van der Waals surface area contributed by atoms with Crippen molar-refractivity contribution in [3.8, 4) is 0 Å². The first-order chi connectivity index (χ1) is 21.2. The van der Waals surface area contributed by atoms with E-state index in [1.165, 1.54) is 17.0 Å². The zero-order valence-corrected chi connectivity index (χ0v) is 29.7. The van der Waals surface area contributed by atoms with Gasteiger partial charge in [0.2, 0.25) is 11.8 Å². The SMILES string of the molecule is Cc1ccc(S(=O)(=O)N(CC(=O)N(Cc2cccc(Br)c2)[C@@H](Cc2ccccc2)C(=O)NC(C)(C)C)c2cccc(Br)c2)cc1. The molecule has 1 atom stereocenters. The van der Waals surface area contributed by atoms with E-state index in [2.05, 4.69) is 37.2 Å². The van der Waals surface area contributed by atoms with E-state index < -0.39 is 34.1 Å². The Hall–Kier alpha value is -3.47. The van der Waals surface area contributed by atoms with Crippen molar-refractivity contribution in [1.29, 1.82) is 0 Å². The van der Waals surface area contributed by atoms with Crippen LogP contribution in [0.5, 0.6) is 0 Å². The summed E-state index contributed by atoms with van der Waals surface area (Å²) >= 11 is 6.95. The Morgan fingerprint density at radius 2 is 1.40 bits per heavy atom. The van der Waals surface area contributed by atoms with Gasteiger partial charge < -0.3 is 10.2 Å². The molecule has 0 saturated heterocycles. The molecule has 0 spiro atoms. The first-order valence-electron chi connectivity index (χ1n) is 14.5. The minimum Gasteiger partial charge on any atom is -0.350 e. The Morgan fingerprint density at radius 1 is 0.800 bits per heavy atom. The average molecular weight is 756 g/mol. The van der Waals surface area contributed by atoms with Crippen molar-refractivity contribution in [2.45, 2.75) is 57.1 Å². The lowest BCUT2D eigenvalue weighted by molar-refractivity contribution is -0.140. The largest absolute Gasteiger partial charge is 0.350 e. The summed E-state index contributed by atoms with van der Waals surface area (Å²) in [6.07, 6.45) is 0.240. The number of sulfonamides is 1. The van der Waals surface area contributed by atoms with Crippen LogP contribution >= 0.6 is 31.9 Å². The second-order valence-corrected chi connectivity index (χ2v) is 15.6. The number of anilines is 1. The molecule has 1 N–H and O–H groups in total. The molecule has 0 bridgehead atoms. The molecule has 0 heterocycles. The first kappa shape index (κ1) is 34.4. The second kappa shape index (κ2) is 14.7. The number of nitrogens with zero attached hydrogens (tertiary/aromatic N) is 2.